The maximum Gasteiger partial charge on any atom is 0.416 e. The van der Waals surface area contributed by atoms with Gasteiger partial charge in [0.05, 0.1) is 17.1 Å². The van der Waals surface area contributed by atoms with Gasteiger partial charge >= 0.3 is 6.18 Å². The maximum absolute atomic E-state index is 12.5. The van der Waals surface area contributed by atoms with Gasteiger partial charge in [-0.1, -0.05) is 0 Å². The molecule has 0 saturated carbocycles. The first kappa shape index (κ1) is 15.2. The first-order valence-corrected chi connectivity index (χ1v) is 5.36. The zero-order valence-electron chi connectivity index (χ0n) is 10.3. The molecule has 1 aromatic rings. The fourth-order valence-corrected chi connectivity index (χ4v) is 1.54. The minimum absolute atomic E-state index is 0.0301. The zero-order valence-corrected chi connectivity index (χ0v) is 10.3. The van der Waals surface area contributed by atoms with Gasteiger partial charge in [0.2, 0.25) is 0 Å². The minimum Gasteiger partial charge on any atom is -0.383 e. The highest BCUT2D eigenvalue weighted by atomic mass is 19.4. The molecule has 1 rings (SSSR count). The SMILES string of the molecule is COCC(C)Nc1ccc(C(F)(F)F)cc1[N+](=O)[O-]. The standard InChI is InChI=1S/C11H13F3N2O3/c1-7(6-19-2)15-9-4-3-8(11(12,13)14)5-10(9)16(17)18/h3-5,7,15H,6H2,1-2H3. The van der Waals surface area contributed by atoms with Crippen molar-refractivity contribution < 1.29 is 22.8 Å². The van der Waals surface area contributed by atoms with E-state index in [-0.39, 0.29) is 18.3 Å². The second-order valence-electron chi connectivity index (χ2n) is 3.99. The van der Waals surface area contributed by atoms with E-state index in [2.05, 4.69) is 5.32 Å². The highest BCUT2D eigenvalue weighted by Crippen LogP contribution is 2.35. The Morgan fingerprint density at radius 1 is 1.47 bits per heavy atom. The number of hydrogen-bond acceptors (Lipinski definition) is 4. The Kier molecular flexibility index (Phi) is 4.71. The zero-order chi connectivity index (χ0) is 14.6. The van der Waals surface area contributed by atoms with E-state index in [1.807, 2.05) is 0 Å². The van der Waals surface area contributed by atoms with Crippen molar-refractivity contribution >= 4 is 11.4 Å². The number of hydrogen-bond donors (Lipinski definition) is 1. The highest BCUT2D eigenvalue weighted by molar-refractivity contribution is 5.63. The molecule has 8 heteroatoms. The molecule has 0 heterocycles. The number of benzene rings is 1. The van der Waals surface area contributed by atoms with Crippen molar-refractivity contribution in [3.05, 3.63) is 33.9 Å². The molecule has 0 aliphatic rings. The third-order valence-corrected chi connectivity index (χ3v) is 2.34. The Bertz CT molecular complexity index is 463. The monoisotopic (exact) mass is 278 g/mol. The van der Waals surface area contributed by atoms with Gasteiger partial charge < -0.3 is 10.1 Å². The lowest BCUT2D eigenvalue weighted by Crippen LogP contribution is -2.21. The van der Waals surface area contributed by atoms with E-state index in [0.29, 0.717) is 6.07 Å². The average molecular weight is 278 g/mol. The smallest absolute Gasteiger partial charge is 0.383 e. The predicted octanol–water partition coefficient (Wildman–Crippen LogP) is 3.06. The lowest BCUT2D eigenvalue weighted by atomic mass is 10.1. The van der Waals surface area contributed by atoms with Crippen LogP contribution in [0.4, 0.5) is 24.5 Å². The summed E-state index contributed by atoms with van der Waals surface area (Å²) in [7, 11) is 1.46. The minimum atomic E-state index is -4.61. The van der Waals surface area contributed by atoms with Gasteiger partial charge in [-0.15, -0.1) is 0 Å². The molecule has 0 fully saturated rings. The van der Waals surface area contributed by atoms with Crippen molar-refractivity contribution in [2.24, 2.45) is 0 Å². The molecule has 0 saturated heterocycles. The van der Waals surface area contributed by atoms with Crippen LogP contribution in [0.15, 0.2) is 18.2 Å². The van der Waals surface area contributed by atoms with Crippen LogP contribution in [0.25, 0.3) is 0 Å². The molecule has 1 aromatic carbocycles. The van der Waals surface area contributed by atoms with Gasteiger partial charge in [-0.25, -0.2) is 0 Å². The molecule has 5 nitrogen and oxygen atoms in total. The molecule has 0 spiro atoms. The van der Waals surface area contributed by atoms with Crippen molar-refractivity contribution in [1.82, 2.24) is 0 Å². The molecule has 0 aromatic heterocycles. The van der Waals surface area contributed by atoms with Gasteiger partial charge in [0.1, 0.15) is 5.69 Å². The highest BCUT2D eigenvalue weighted by Gasteiger charge is 2.33. The van der Waals surface area contributed by atoms with Crippen molar-refractivity contribution in [3.8, 4) is 0 Å². The summed E-state index contributed by atoms with van der Waals surface area (Å²) in [6.07, 6.45) is -4.61. The van der Waals surface area contributed by atoms with Crippen LogP contribution < -0.4 is 5.32 Å². The van der Waals surface area contributed by atoms with E-state index in [0.717, 1.165) is 12.1 Å². The average Bonchev–Trinajstić information content (AvgIpc) is 2.27. The van der Waals surface area contributed by atoms with Crippen molar-refractivity contribution in [3.63, 3.8) is 0 Å². The Balaban J connectivity index is 3.09. The van der Waals surface area contributed by atoms with Crippen LogP contribution in [0.5, 0.6) is 0 Å². The number of halogens is 3. The van der Waals surface area contributed by atoms with E-state index in [1.165, 1.54) is 7.11 Å². The van der Waals surface area contributed by atoms with Gasteiger partial charge in [0.25, 0.3) is 5.69 Å². The van der Waals surface area contributed by atoms with Crippen molar-refractivity contribution in [2.75, 3.05) is 19.0 Å². The van der Waals surface area contributed by atoms with Crippen LogP contribution in [0.3, 0.4) is 0 Å². The van der Waals surface area contributed by atoms with Gasteiger partial charge in [0, 0.05) is 19.2 Å². The summed E-state index contributed by atoms with van der Waals surface area (Å²) in [5, 5.41) is 13.5. The summed E-state index contributed by atoms with van der Waals surface area (Å²) in [4.78, 5) is 9.96. The molecule has 1 N–H and O–H groups in total. The van der Waals surface area contributed by atoms with Crippen molar-refractivity contribution in [2.45, 2.75) is 19.1 Å². The van der Waals surface area contributed by atoms with Crippen LogP contribution in [-0.4, -0.2) is 24.7 Å². The fraction of sp³-hybridized carbons (Fsp3) is 0.455. The van der Waals surface area contributed by atoms with E-state index >= 15 is 0 Å². The van der Waals surface area contributed by atoms with Gasteiger partial charge in [-0.3, -0.25) is 10.1 Å². The van der Waals surface area contributed by atoms with Crippen LogP contribution in [0.1, 0.15) is 12.5 Å². The summed E-state index contributed by atoms with van der Waals surface area (Å²) >= 11 is 0. The Morgan fingerprint density at radius 2 is 2.11 bits per heavy atom. The number of alkyl halides is 3. The number of nitro benzene ring substituents is 1. The fourth-order valence-electron chi connectivity index (χ4n) is 1.54. The Morgan fingerprint density at radius 3 is 2.58 bits per heavy atom. The molecule has 19 heavy (non-hydrogen) atoms. The second kappa shape index (κ2) is 5.87. The molecule has 0 bridgehead atoms. The molecule has 0 aliphatic heterocycles. The summed E-state index contributed by atoms with van der Waals surface area (Å²) in [5.74, 6) is 0. The number of rotatable bonds is 5. The van der Waals surface area contributed by atoms with Crippen LogP contribution in [0, 0.1) is 10.1 Å². The molecule has 0 radical (unpaired) electrons. The van der Waals surface area contributed by atoms with Crippen LogP contribution >= 0.6 is 0 Å². The largest absolute Gasteiger partial charge is 0.416 e. The Hall–Kier alpha value is -1.83. The molecule has 1 unspecified atom stereocenters. The lowest BCUT2D eigenvalue weighted by molar-refractivity contribution is -0.384. The topological polar surface area (TPSA) is 64.4 Å². The summed E-state index contributed by atoms with van der Waals surface area (Å²) in [6, 6.07) is 2.10. The Labute approximate surface area is 107 Å². The first-order valence-electron chi connectivity index (χ1n) is 5.36. The third-order valence-electron chi connectivity index (χ3n) is 2.34. The second-order valence-corrected chi connectivity index (χ2v) is 3.99. The normalized spacial score (nSPS) is 13.1. The summed E-state index contributed by atoms with van der Waals surface area (Å²) in [6.45, 7) is 1.98. The van der Waals surface area contributed by atoms with Crippen LogP contribution in [-0.2, 0) is 10.9 Å². The molecule has 1 atom stereocenters. The molecular weight excluding hydrogens is 265 g/mol. The van der Waals surface area contributed by atoms with Gasteiger partial charge in [-0.05, 0) is 19.1 Å². The predicted molar refractivity (Wildman–Crippen MR) is 63.1 cm³/mol. The summed E-state index contributed by atoms with van der Waals surface area (Å²) < 4.78 is 42.3. The molecule has 0 aliphatic carbocycles. The van der Waals surface area contributed by atoms with E-state index in [4.69, 9.17) is 4.74 Å². The summed E-state index contributed by atoms with van der Waals surface area (Å²) in [5.41, 5.74) is -1.63. The van der Waals surface area contributed by atoms with E-state index in [9.17, 15) is 23.3 Å². The number of anilines is 1. The van der Waals surface area contributed by atoms with E-state index in [1.54, 1.807) is 6.92 Å². The number of methoxy groups -OCH3 is 1. The number of nitrogens with one attached hydrogen (secondary N) is 1. The maximum atomic E-state index is 12.5. The first-order chi connectivity index (χ1) is 8.75. The van der Waals surface area contributed by atoms with E-state index < -0.39 is 22.4 Å². The molecular formula is C11H13F3N2O3. The third kappa shape index (κ3) is 4.09. The van der Waals surface area contributed by atoms with Gasteiger partial charge in [0.15, 0.2) is 0 Å². The van der Waals surface area contributed by atoms with Crippen molar-refractivity contribution in [1.29, 1.82) is 0 Å². The lowest BCUT2D eigenvalue weighted by Gasteiger charge is -2.15. The molecule has 0 amide bonds. The molecule has 106 valence electrons. The number of nitrogens with zero attached hydrogens (tertiary/aromatic N) is 1. The quantitative estimate of drug-likeness (QED) is 0.664. The van der Waals surface area contributed by atoms with Crippen LogP contribution in [0.2, 0.25) is 0 Å². The number of nitro groups is 1. The van der Waals surface area contributed by atoms with Gasteiger partial charge in [-0.2, -0.15) is 13.2 Å². The number of ether oxygens (including phenoxy) is 1.